The van der Waals surface area contributed by atoms with Gasteiger partial charge in [0.15, 0.2) is 0 Å². The molecule has 3 aliphatic carbocycles. The Bertz CT molecular complexity index is 711. The number of hydrogen-bond acceptors (Lipinski definition) is 3. The average molecular weight is 475 g/mol. The molecule has 3 nitrogen and oxygen atoms in total. The first-order chi connectivity index (χ1) is 16.1. The van der Waals surface area contributed by atoms with Gasteiger partial charge in [0.05, 0.1) is 6.61 Å². The summed E-state index contributed by atoms with van der Waals surface area (Å²) >= 11 is 0. The molecular weight excluding hydrogens is 420 g/mol. The largest absolute Gasteiger partial charge is 0.508 e. The van der Waals surface area contributed by atoms with Crippen LogP contribution in [0.5, 0.6) is 0 Å². The molecule has 0 aromatic rings. The van der Waals surface area contributed by atoms with Gasteiger partial charge in [-0.2, -0.15) is 0 Å². The van der Waals surface area contributed by atoms with Crippen LogP contribution in [-0.4, -0.2) is 18.9 Å². The third-order valence-electron chi connectivity index (χ3n) is 10.7. The first kappa shape index (κ1) is 27.6. The second-order valence-corrected chi connectivity index (χ2v) is 13.0. The van der Waals surface area contributed by atoms with Crippen molar-refractivity contribution in [1.29, 1.82) is 0 Å². The number of ether oxygens (including phenoxy) is 2. The van der Waals surface area contributed by atoms with Gasteiger partial charge in [0.2, 0.25) is 0 Å². The molecule has 0 amide bonds. The Hall–Kier alpha value is -0.990. The molecule has 8 atom stereocenters. The summed E-state index contributed by atoms with van der Waals surface area (Å²) in [4.78, 5) is 11.9. The van der Waals surface area contributed by atoms with Crippen LogP contribution in [0.2, 0.25) is 0 Å². The Morgan fingerprint density at radius 2 is 1.79 bits per heavy atom. The van der Waals surface area contributed by atoms with Crippen molar-refractivity contribution in [2.24, 2.45) is 46.3 Å². The minimum atomic E-state index is -0.507. The number of hydrogen-bond donors (Lipinski definition) is 0. The van der Waals surface area contributed by atoms with Crippen LogP contribution in [0.1, 0.15) is 120 Å². The summed E-state index contributed by atoms with van der Waals surface area (Å²) in [7, 11) is 0. The zero-order valence-electron chi connectivity index (χ0n) is 23.6. The predicted octanol–water partition coefficient (Wildman–Crippen LogP) is 9.21. The van der Waals surface area contributed by atoms with Gasteiger partial charge in [-0.15, -0.1) is 0 Å². The molecule has 3 rings (SSSR count). The van der Waals surface area contributed by atoms with Crippen molar-refractivity contribution in [2.75, 3.05) is 6.61 Å². The van der Waals surface area contributed by atoms with Crippen LogP contribution in [0, 0.1) is 46.3 Å². The Morgan fingerprint density at radius 1 is 1.06 bits per heavy atom. The van der Waals surface area contributed by atoms with Crippen LogP contribution in [0.3, 0.4) is 0 Å². The van der Waals surface area contributed by atoms with E-state index < -0.39 is 6.16 Å². The van der Waals surface area contributed by atoms with E-state index in [1.54, 1.807) is 0 Å². The van der Waals surface area contributed by atoms with E-state index in [4.69, 9.17) is 9.47 Å². The summed E-state index contributed by atoms with van der Waals surface area (Å²) in [6.07, 6.45) is 14.5. The molecule has 0 heterocycles. The average Bonchev–Trinajstić information content (AvgIpc) is 3.13. The van der Waals surface area contributed by atoms with Crippen LogP contribution in [0.15, 0.2) is 11.6 Å². The zero-order chi connectivity index (χ0) is 25.1. The van der Waals surface area contributed by atoms with Gasteiger partial charge < -0.3 is 9.47 Å². The van der Waals surface area contributed by atoms with Crippen molar-refractivity contribution in [2.45, 2.75) is 126 Å². The van der Waals surface area contributed by atoms with E-state index in [0.29, 0.717) is 12.0 Å². The van der Waals surface area contributed by atoms with E-state index in [2.05, 4.69) is 54.5 Å². The normalized spacial score (nSPS) is 40.3. The third-order valence-corrected chi connectivity index (χ3v) is 10.7. The van der Waals surface area contributed by atoms with Gasteiger partial charge in [-0.25, -0.2) is 4.79 Å². The van der Waals surface area contributed by atoms with Crippen molar-refractivity contribution in [3.63, 3.8) is 0 Å². The van der Waals surface area contributed by atoms with Gasteiger partial charge >= 0.3 is 6.16 Å². The van der Waals surface area contributed by atoms with E-state index >= 15 is 0 Å². The van der Waals surface area contributed by atoms with Gasteiger partial charge in [0, 0.05) is 6.42 Å². The summed E-state index contributed by atoms with van der Waals surface area (Å²) < 4.78 is 10.7. The lowest BCUT2D eigenvalue weighted by Gasteiger charge is -2.55. The summed E-state index contributed by atoms with van der Waals surface area (Å²) in [6, 6.07) is 0. The highest BCUT2D eigenvalue weighted by Crippen LogP contribution is 2.65. The lowest BCUT2D eigenvalue weighted by Crippen LogP contribution is -2.48. The van der Waals surface area contributed by atoms with Crippen molar-refractivity contribution < 1.29 is 14.3 Å². The lowest BCUT2D eigenvalue weighted by molar-refractivity contribution is -0.0495. The van der Waals surface area contributed by atoms with Crippen LogP contribution < -0.4 is 0 Å². The van der Waals surface area contributed by atoms with Crippen LogP contribution in [0.4, 0.5) is 4.79 Å². The molecule has 8 unspecified atom stereocenters. The standard InChI is InChI=1S/C31H54O3/c1-9-24-20-25(34-29(32)33-10-2)16-18-30(24,7)28-17-19-31(8)26(14-15-27(31)23(28)6)22(5)13-11-12-21(3)4/h9,21-23,25-28H,10-20H2,1-8H3/b24-9+. The second kappa shape index (κ2) is 11.4. The molecule has 0 saturated heterocycles. The topological polar surface area (TPSA) is 35.5 Å². The number of fused-ring (bicyclic) bond motifs is 1. The molecular formula is C31H54O3. The van der Waals surface area contributed by atoms with E-state index in [1.807, 2.05) is 6.92 Å². The fourth-order valence-electron chi connectivity index (χ4n) is 8.88. The molecule has 0 aromatic heterocycles. The minimum absolute atomic E-state index is 0.0370. The van der Waals surface area contributed by atoms with Gasteiger partial charge in [-0.3, -0.25) is 0 Å². The quantitative estimate of drug-likeness (QED) is 0.260. The van der Waals surface area contributed by atoms with Gasteiger partial charge in [0.1, 0.15) is 6.10 Å². The monoisotopic (exact) mass is 474 g/mol. The Morgan fingerprint density at radius 3 is 2.44 bits per heavy atom. The van der Waals surface area contributed by atoms with E-state index in [9.17, 15) is 4.79 Å². The van der Waals surface area contributed by atoms with E-state index in [-0.39, 0.29) is 11.5 Å². The fraction of sp³-hybridized carbons (Fsp3) is 0.903. The maximum atomic E-state index is 11.9. The molecule has 0 aromatic carbocycles. The predicted molar refractivity (Wildman–Crippen MR) is 142 cm³/mol. The fourth-order valence-corrected chi connectivity index (χ4v) is 8.88. The molecule has 0 spiro atoms. The van der Waals surface area contributed by atoms with Gasteiger partial charge in [-0.1, -0.05) is 72.5 Å². The summed E-state index contributed by atoms with van der Waals surface area (Å²) in [5.74, 6) is 4.93. The molecule has 3 aliphatic rings. The van der Waals surface area contributed by atoms with Crippen LogP contribution in [-0.2, 0) is 9.47 Å². The van der Waals surface area contributed by atoms with Crippen molar-refractivity contribution in [3.05, 3.63) is 11.6 Å². The number of allylic oxidation sites excluding steroid dienone is 1. The Kier molecular flexibility index (Phi) is 9.24. The first-order valence-electron chi connectivity index (χ1n) is 14.6. The Labute approximate surface area is 210 Å². The van der Waals surface area contributed by atoms with Crippen molar-refractivity contribution in [3.8, 4) is 0 Å². The van der Waals surface area contributed by atoms with Crippen molar-refractivity contribution in [1.82, 2.24) is 0 Å². The van der Waals surface area contributed by atoms with Gasteiger partial charge in [0.25, 0.3) is 0 Å². The van der Waals surface area contributed by atoms with Crippen molar-refractivity contribution >= 4 is 6.16 Å². The summed E-state index contributed by atoms with van der Waals surface area (Å²) in [5.41, 5.74) is 2.25. The summed E-state index contributed by atoms with van der Waals surface area (Å²) in [6.45, 7) is 19.4. The van der Waals surface area contributed by atoms with Crippen LogP contribution in [0.25, 0.3) is 0 Å². The first-order valence-corrected chi connectivity index (χ1v) is 14.6. The molecule has 34 heavy (non-hydrogen) atoms. The molecule has 196 valence electrons. The molecule has 3 heteroatoms. The molecule has 0 N–H and O–H groups in total. The van der Waals surface area contributed by atoms with E-state index in [1.165, 1.54) is 50.5 Å². The highest BCUT2D eigenvalue weighted by atomic mass is 16.7. The highest BCUT2D eigenvalue weighted by Gasteiger charge is 2.57. The molecule has 0 bridgehead atoms. The SMILES string of the molecule is C/C=C1\CC(OC(=O)OCC)CCC1(C)C1CCC2(C)C(C(C)CCCC(C)C)CCC2C1C. The minimum Gasteiger partial charge on any atom is -0.435 e. The molecule has 3 fully saturated rings. The molecule has 0 aliphatic heterocycles. The molecule has 0 radical (unpaired) electrons. The second-order valence-electron chi connectivity index (χ2n) is 13.0. The maximum Gasteiger partial charge on any atom is 0.508 e. The highest BCUT2D eigenvalue weighted by molar-refractivity contribution is 5.60. The van der Waals surface area contributed by atoms with Gasteiger partial charge in [-0.05, 0) is 98.7 Å². The Balaban J connectivity index is 1.67. The molecule has 3 saturated carbocycles. The smallest absolute Gasteiger partial charge is 0.435 e. The van der Waals surface area contributed by atoms with E-state index in [0.717, 1.165) is 54.8 Å². The summed E-state index contributed by atoms with van der Waals surface area (Å²) in [5, 5.41) is 0. The maximum absolute atomic E-state index is 11.9. The number of rotatable bonds is 8. The third kappa shape index (κ3) is 5.54. The number of carbonyl (C=O) groups is 1. The zero-order valence-corrected chi connectivity index (χ0v) is 23.6. The lowest BCUT2D eigenvalue weighted by atomic mass is 9.49. The number of carbonyl (C=O) groups excluding carboxylic acids is 1. The van der Waals surface area contributed by atoms with Crippen LogP contribution >= 0.6 is 0 Å².